The first-order chi connectivity index (χ1) is 12.6. The second kappa shape index (κ2) is 10.6. The van der Waals surface area contributed by atoms with Gasteiger partial charge in [-0.3, -0.25) is 9.78 Å². The molecule has 0 atom stereocenters. The third-order valence-corrected chi connectivity index (χ3v) is 4.37. The van der Waals surface area contributed by atoms with E-state index in [-0.39, 0.29) is 5.91 Å². The Labute approximate surface area is 156 Å². The normalized spacial score (nSPS) is 10.6. The molecule has 4 N–H and O–H groups in total. The summed E-state index contributed by atoms with van der Waals surface area (Å²) in [6, 6.07) is 9.65. The Morgan fingerprint density at radius 1 is 1.04 bits per heavy atom. The van der Waals surface area contributed by atoms with E-state index in [1.165, 1.54) is 19.3 Å². The average molecular weight is 354 g/mol. The fourth-order valence-electron chi connectivity index (χ4n) is 2.87. The van der Waals surface area contributed by atoms with Crippen molar-refractivity contribution in [2.45, 2.75) is 46.0 Å². The minimum Gasteiger partial charge on any atom is -0.384 e. The molecule has 26 heavy (non-hydrogen) atoms. The van der Waals surface area contributed by atoms with E-state index >= 15 is 0 Å². The second-order valence-electron chi connectivity index (χ2n) is 6.62. The predicted molar refractivity (Wildman–Crippen MR) is 109 cm³/mol. The lowest BCUT2D eigenvalue weighted by Crippen LogP contribution is -2.17. The molecular formula is C21H30N4O. The molecule has 5 nitrogen and oxygen atoms in total. The van der Waals surface area contributed by atoms with E-state index in [9.17, 15) is 4.79 Å². The molecule has 2 aromatic rings. The maximum Gasteiger partial charge on any atom is 0.258 e. The van der Waals surface area contributed by atoms with Crippen molar-refractivity contribution in [2.24, 2.45) is 5.73 Å². The van der Waals surface area contributed by atoms with Crippen molar-refractivity contribution < 1.29 is 4.79 Å². The van der Waals surface area contributed by atoms with Crippen molar-refractivity contribution in [1.29, 1.82) is 0 Å². The van der Waals surface area contributed by atoms with E-state index in [4.69, 9.17) is 5.73 Å². The summed E-state index contributed by atoms with van der Waals surface area (Å²) in [4.78, 5) is 17.0. The molecule has 1 aromatic carbocycles. The van der Waals surface area contributed by atoms with Crippen LogP contribution in [0, 0.1) is 13.8 Å². The number of hydrogen-bond acceptors (Lipinski definition) is 4. The lowest BCUT2D eigenvalue weighted by Gasteiger charge is -2.14. The standard InChI is InChI=1S/C21H30N4O/c1-16-9-8-10-19(23-14-7-5-3-4-6-13-22)20(16)21(26)25-18-12-11-17(2)24-15-18/h8-12,15,23H,3-7,13-14,22H2,1-2H3,(H,25,26). The number of hydrogen-bond donors (Lipinski definition) is 3. The molecule has 0 aliphatic rings. The van der Waals surface area contributed by atoms with Crippen molar-refractivity contribution in [3.8, 4) is 0 Å². The maximum atomic E-state index is 12.8. The lowest BCUT2D eigenvalue weighted by atomic mass is 10.1. The van der Waals surface area contributed by atoms with E-state index in [2.05, 4.69) is 15.6 Å². The summed E-state index contributed by atoms with van der Waals surface area (Å²) in [7, 11) is 0. The van der Waals surface area contributed by atoms with Gasteiger partial charge in [0.05, 0.1) is 17.4 Å². The number of nitrogens with one attached hydrogen (secondary N) is 2. The van der Waals surface area contributed by atoms with Crippen molar-refractivity contribution >= 4 is 17.3 Å². The molecule has 0 saturated carbocycles. The Hall–Kier alpha value is -2.40. The van der Waals surface area contributed by atoms with Gasteiger partial charge >= 0.3 is 0 Å². The summed E-state index contributed by atoms with van der Waals surface area (Å²) in [5.74, 6) is -0.112. The van der Waals surface area contributed by atoms with Crippen molar-refractivity contribution in [2.75, 3.05) is 23.7 Å². The molecule has 2 rings (SSSR count). The Morgan fingerprint density at radius 3 is 2.54 bits per heavy atom. The summed E-state index contributed by atoms with van der Waals surface area (Å²) in [5, 5.41) is 6.36. The first-order valence-corrected chi connectivity index (χ1v) is 9.39. The van der Waals surface area contributed by atoms with E-state index in [0.717, 1.165) is 42.9 Å². The van der Waals surface area contributed by atoms with E-state index in [0.29, 0.717) is 11.3 Å². The van der Waals surface area contributed by atoms with Gasteiger partial charge < -0.3 is 16.4 Å². The summed E-state index contributed by atoms with van der Waals surface area (Å²) < 4.78 is 0. The Balaban J connectivity index is 1.95. The number of carbonyl (C=O) groups is 1. The van der Waals surface area contributed by atoms with Gasteiger partial charge in [0.15, 0.2) is 0 Å². The number of unbranched alkanes of at least 4 members (excludes halogenated alkanes) is 4. The number of aromatic nitrogens is 1. The first kappa shape index (κ1) is 19.9. The predicted octanol–water partition coefficient (Wildman–Crippen LogP) is 4.27. The number of aryl methyl sites for hydroxylation is 2. The number of carbonyl (C=O) groups excluding carboxylic acids is 1. The molecule has 0 unspecified atom stereocenters. The smallest absolute Gasteiger partial charge is 0.258 e. The minimum absolute atomic E-state index is 0.112. The number of rotatable bonds is 10. The van der Waals surface area contributed by atoms with Crippen LogP contribution < -0.4 is 16.4 Å². The molecule has 0 bridgehead atoms. The largest absolute Gasteiger partial charge is 0.384 e. The van der Waals surface area contributed by atoms with Gasteiger partial charge in [-0.15, -0.1) is 0 Å². The van der Waals surface area contributed by atoms with E-state index in [1.54, 1.807) is 6.20 Å². The van der Waals surface area contributed by atoms with Crippen LogP contribution in [0.15, 0.2) is 36.5 Å². The van der Waals surface area contributed by atoms with Gasteiger partial charge in [-0.2, -0.15) is 0 Å². The maximum absolute atomic E-state index is 12.8. The second-order valence-corrected chi connectivity index (χ2v) is 6.62. The first-order valence-electron chi connectivity index (χ1n) is 9.39. The molecule has 0 fully saturated rings. The molecule has 0 radical (unpaired) electrons. The van der Waals surface area contributed by atoms with Crippen LogP contribution >= 0.6 is 0 Å². The van der Waals surface area contributed by atoms with Crippen LogP contribution in [0.3, 0.4) is 0 Å². The highest BCUT2D eigenvalue weighted by molar-refractivity contribution is 6.09. The van der Waals surface area contributed by atoms with Crippen molar-refractivity contribution in [3.63, 3.8) is 0 Å². The third kappa shape index (κ3) is 6.15. The SMILES string of the molecule is Cc1ccc(NC(=O)c2c(C)cccc2NCCCCCCCN)cn1. The molecule has 140 valence electrons. The van der Waals surface area contributed by atoms with Gasteiger partial charge in [-0.1, -0.05) is 31.4 Å². The monoisotopic (exact) mass is 354 g/mol. The minimum atomic E-state index is -0.112. The van der Waals surface area contributed by atoms with Crippen molar-refractivity contribution in [3.05, 3.63) is 53.3 Å². The zero-order chi connectivity index (χ0) is 18.8. The molecule has 0 saturated heterocycles. The highest BCUT2D eigenvalue weighted by Crippen LogP contribution is 2.21. The molecule has 1 amide bonds. The van der Waals surface area contributed by atoms with Gasteiger partial charge in [0.25, 0.3) is 5.91 Å². The molecule has 1 aromatic heterocycles. The molecule has 5 heteroatoms. The van der Waals surface area contributed by atoms with Crippen LogP contribution in [0.4, 0.5) is 11.4 Å². The van der Waals surface area contributed by atoms with Crippen LogP contribution in [0.25, 0.3) is 0 Å². The molecular weight excluding hydrogens is 324 g/mol. The average Bonchev–Trinajstić information content (AvgIpc) is 2.63. The topological polar surface area (TPSA) is 80.0 Å². The fraction of sp³-hybridized carbons (Fsp3) is 0.429. The molecule has 1 heterocycles. The van der Waals surface area contributed by atoms with Crippen LogP contribution in [0.5, 0.6) is 0 Å². The van der Waals surface area contributed by atoms with Gasteiger partial charge in [0, 0.05) is 17.9 Å². The number of nitrogens with two attached hydrogens (primary N) is 1. The summed E-state index contributed by atoms with van der Waals surface area (Å²) >= 11 is 0. The Kier molecular flexibility index (Phi) is 8.09. The number of nitrogens with zero attached hydrogens (tertiary/aromatic N) is 1. The van der Waals surface area contributed by atoms with Crippen LogP contribution in [-0.4, -0.2) is 24.0 Å². The van der Waals surface area contributed by atoms with Crippen LogP contribution in [0.1, 0.15) is 53.7 Å². The van der Waals surface area contributed by atoms with Crippen LogP contribution in [0.2, 0.25) is 0 Å². The molecule has 0 spiro atoms. The van der Waals surface area contributed by atoms with Gasteiger partial charge in [0.2, 0.25) is 0 Å². The number of pyridine rings is 1. The summed E-state index contributed by atoms with van der Waals surface area (Å²) in [6.45, 7) is 5.51. The van der Waals surface area contributed by atoms with E-state index < -0.39 is 0 Å². The summed E-state index contributed by atoms with van der Waals surface area (Å²) in [6.07, 6.45) is 7.44. The zero-order valence-corrected chi connectivity index (χ0v) is 15.8. The quantitative estimate of drug-likeness (QED) is 0.557. The van der Waals surface area contributed by atoms with Gasteiger partial charge in [-0.05, 0) is 57.0 Å². The number of benzene rings is 1. The highest BCUT2D eigenvalue weighted by Gasteiger charge is 2.14. The fourth-order valence-corrected chi connectivity index (χ4v) is 2.87. The Morgan fingerprint density at radius 2 is 1.81 bits per heavy atom. The summed E-state index contributed by atoms with van der Waals surface area (Å²) in [5.41, 5.74) is 9.66. The highest BCUT2D eigenvalue weighted by atomic mass is 16.1. The molecule has 0 aliphatic heterocycles. The zero-order valence-electron chi connectivity index (χ0n) is 15.8. The number of amides is 1. The third-order valence-electron chi connectivity index (χ3n) is 4.37. The van der Waals surface area contributed by atoms with Crippen LogP contribution in [-0.2, 0) is 0 Å². The lowest BCUT2D eigenvalue weighted by molar-refractivity contribution is 0.102. The van der Waals surface area contributed by atoms with Gasteiger partial charge in [-0.25, -0.2) is 0 Å². The van der Waals surface area contributed by atoms with E-state index in [1.807, 2.05) is 44.2 Å². The van der Waals surface area contributed by atoms with Crippen molar-refractivity contribution in [1.82, 2.24) is 4.98 Å². The van der Waals surface area contributed by atoms with Gasteiger partial charge in [0.1, 0.15) is 0 Å². The number of anilines is 2. The molecule has 0 aliphatic carbocycles. The Bertz CT molecular complexity index is 698.